The molecular weight excluding hydrogens is 352 g/mol. The predicted octanol–water partition coefficient (Wildman–Crippen LogP) is 5.86. The first kappa shape index (κ1) is 21.7. The van der Waals surface area contributed by atoms with E-state index in [1.165, 1.54) is 0 Å². The van der Waals surface area contributed by atoms with Gasteiger partial charge in [-0.15, -0.1) is 0 Å². The molecule has 0 saturated heterocycles. The number of aryl methyl sites for hydroxylation is 1. The maximum atomic E-state index is 5.96. The zero-order valence-electron chi connectivity index (χ0n) is 15.9. The van der Waals surface area contributed by atoms with Gasteiger partial charge in [-0.2, -0.15) is 0 Å². The summed E-state index contributed by atoms with van der Waals surface area (Å²) in [4.78, 5) is 8.30. The van der Waals surface area contributed by atoms with Gasteiger partial charge in [-0.1, -0.05) is 37.4 Å². The Kier molecular flexibility index (Phi) is 9.25. The molecule has 2 aromatic rings. The Morgan fingerprint density at radius 1 is 1.16 bits per heavy atom. The van der Waals surface area contributed by atoms with Crippen LogP contribution in [0.3, 0.4) is 0 Å². The number of nitrogens with one attached hydrogen (secondary N) is 2. The standard InChI is InChI=1S/C11H10ClN3.C8H19NS/c1-8-4-5-9(7-14-8)15-11-10(12)3-2-6-13-11;1-7(2)6-9-10-8(3,4)5/h2-7H,1H3,(H,13,15);7,9H,6H2,1-5H3. The second kappa shape index (κ2) is 10.6. The number of hydrogen-bond donors (Lipinski definition) is 2. The van der Waals surface area contributed by atoms with Crippen LogP contribution in [0.5, 0.6) is 0 Å². The van der Waals surface area contributed by atoms with Crippen molar-refractivity contribution in [2.75, 3.05) is 11.9 Å². The monoisotopic (exact) mass is 380 g/mol. The number of hydrogen-bond acceptors (Lipinski definition) is 5. The molecule has 0 bridgehead atoms. The van der Waals surface area contributed by atoms with Crippen LogP contribution in [0.25, 0.3) is 0 Å². The first-order chi connectivity index (χ1) is 11.7. The minimum absolute atomic E-state index is 0.342. The van der Waals surface area contributed by atoms with E-state index in [1.54, 1.807) is 24.5 Å². The van der Waals surface area contributed by atoms with Gasteiger partial charge in [-0.05, 0) is 57.9 Å². The second-order valence-electron chi connectivity index (χ2n) is 7.10. The molecule has 0 aliphatic carbocycles. The molecule has 0 aliphatic rings. The normalized spacial score (nSPS) is 11.0. The van der Waals surface area contributed by atoms with Gasteiger partial charge in [0, 0.05) is 23.2 Å². The van der Waals surface area contributed by atoms with Gasteiger partial charge in [0.25, 0.3) is 0 Å². The van der Waals surface area contributed by atoms with Crippen molar-refractivity contribution in [1.29, 1.82) is 0 Å². The first-order valence-electron chi connectivity index (χ1n) is 8.38. The van der Waals surface area contributed by atoms with E-state index in [9.17, 15) is 0 Å². The van der Waals surface area contributed by atoms with Gasteiger partial charge in [0.15, 0.2) is 0 Å². The lowest BCUT2D eigenvalue weighted by Gasteiger charge is -2.18. The summed E-state index contributed by atoms with van der Waals surface area (Å²) in [5.41, 5.74) is 1.86. The van der Waals surface area contributed by atoms with E-state index in [2.05, 4.69) is 54.6 Å². The van der Waals surface area contributed by atoms with Gasteiger partial charge < -0.3 is 5.32 Å². The average Bonchev–Trinajstić information content (AvgIpc) is 2.51. The van der Waals surface area contributed by atoms with E-state index >= 15 is 0 Å². The smallest absolute Gasteiger partial charge is 0.149 e. The van der Waals surface area contributed by atoms with Crippen LogP contribution in [0.15, 0.2) is 36.7 Å². The minimum Gasteiger partial charge on any atom is -0.338 e. The number of rotatable bonds is 5. The van der Waals surface area contributed by atoms with E-state index in [0.717, 1.165) is 23.8 Å². The molecule has 0 aliphatic heterocycles. The fraction of sp³-hybridized carbons (Fsp3) is 0.474. The van der Waals surface area contributed by atoms with Gasteiger partial charge in [0.2, 0.25) is 0 Å². The predicted molar refractivity (Wildman–Crippen MR) is 112 cm³/mol. The molecule has 4 nitrogen and oxygen atoms in total. The largest absolute Gasteiger partial charge is 0.338 e. The Hall–Kier alpha value is -1.30. The highest BCUT2D eigenvalue weighted by molar-refractivity contribution is 7.98. The quantitative estimate of drug-likeness (QED) is 0.636. The summed E-state index contributed by atoms with van der Waals surface area (Å²) in [7, 11) is 0. The Morgan fingerprint density at radius 3 is 2.40 bits per heavy atom. The van der Waals surface area contributed by atoms with Crippen molar-refractivity contribution in [3.63, 3.8) is 0 Å². The SMILES string of the molecule is CC(C)CNSC(C)(C)C.Cc1ccc(Nc2ncccc2Cl)cn1. The fourth-order valence-electron chi connectivity index (χ4n) is 1.58. The summed E-state index contributed by atoms with van der Waals surface area (Å²) in [5, 5.41) is 3.69. The van der Waals surface area contributed by atoms with Crippen LogP contribution in [0.4, 0.5) is 11.5 Å². The van der Waals surface area contributed by atoms with E-state index in [-0.39, 0.29) is 0 Å². The summed E-state index contributed by atoms with van der Waals surface area (Å²) < 4.78 is 3.68. The first-order valence-corrected chi connectivity index (χ1v) is 9.58. The molecule has 0 unspecified atom stereocenters. The van der Waals surface area contributed by atoms with Crippen molar-refractivity contribution in [3.8, 4) is 0 Å². The molecule has 0 atom stereocenters. The number of pyridine rings is 2. The molecule has 2 aromatic heterocycles. The molecule has 0 fully saturated rings. The lowest BCUT2D eigenvalue weighted by molar-refractivity contribution is 0.635. The van der Waals surface area contributed by atoms with Crippen LogP contribution in [0.2, 0.25) is 5.02 Å². The summed E-state index contributed by atoms with van der Waals surface area (Å²) >= 11 is 7.77. The topological polar surface area (TPSA) is 49.8 Å². The van der Waals surface area contributed by atoms with Crippen molar-refractivity contribution in [2.45, 2.75) is 46.3 Å². The van der Waals surface area contributed by atoms with Crippen molar-refractivity contribution >= 4 is 35.1 Å². The van der Waals surface area contributed by atoms with Crippen LogP contribution in [-0.4, -0.2) is 21.3 Å². The van der Waals surface area contributed by atoms with Crippen molar-refractivity contribution in [2.24, 2.45) is 5.92 Å². The average molecular weight is 381 g/mol. The Labute approximate surface area is 161 Å². The van der Waals surface area contributed by atoms with E-state index < -0.39 is 0 Å². The highest BCUT2D eigenvalue weighted by Crippen LogP contribution is 2.21. The van der Waals surface area contributed by atoms with E-state index in [1.807, 2.05) is 31.0 Å². The Bertz CT molecular complexity index is 624. The number of anilines is 2. The Morgan fingerprint density at radius 2 is 1.88 bits per heavy atom. The van der Waals surface area contributed by atoms with Crippen LogP contribution >= 0.6 is 23.5 Å². The number of halogens is 1. The molecule has 6 heteroatoms. The van der Waals surface area contributed by atoms with Gasteiger partial charge in [0.05, 0.1) is 16.9 Å². The van der Waals surface area contributed by atoms with Crippen LogP contribution in [-0.2, 0) is 0 Å². The van der Waals surface area contributed by atoms with Crippen LogP contribution in [0, 0.1) is 12.8 Å². The van der Waals surface area contributed by atoms with Crippen LogP contribution < -0.4 is 10.0 Å². The molecular formula is C19H29ClN4S. The molecule has 0 radical (unpaired) electrons. The molecule has 0 amide bonds. The van der Waals surface area contributed by atoms with Crippen molar-refractivity contribution in [1.82, 2.24) is 14.7 Å². The summed E-state index contributed by atoms with van der Waals surface area (Å²) in [6.07, 6.45) is 3.44. The number of nitrogens with zero attached hydrogens (tertiary/aromatic N) is 2. The molecule has 25 heavy (non-hydrogen) atoms. The van der Waals surface area contributed by atoms with Crippen LogP contribution in [0.1, 0.15) is 40.3 Å². The third kappa shape index (κ3) is 10.3. The molecule has 0 spiro atoms. The van der Waals surface area contributed by atoms with Gasteiger partial charge in [-0.25, -0.2) is 4.98 Å². The zero-order chi connectivity index (χ0) is 18.9. The Balaban J connectivity index is 0.000000275. The zero-order valence-corrected chi connectivity index (χ0v) is 17.5. The lowest BCUT2D eigenvalue weighted by Crippen LogP contribution is -2.20. The highest BCUT2D eigenvalue weighted by atomic mass is 35.5. The summed E-state index contributed by atoms with van der Waals surface area (Å²) in [5.74, 6) is 1.39. The summed E-state index contributed by atoms with van der Waals surface area (Å²) in [6.45, 7) is 14.1. The van der Waals surface area contributed by atoms with Crippen molar-refractivity contribution < 1.29 is 0 Å². The van der Waals surface area contributed by atoms with Gasteiger partial charge >= 0.3 is 0 Å². The fourth-order valence-corrected chi connectivity index (χ4v) is 2.60. The summed E-state index contributed by atoms with van der Waals surface area (Å²) in [6, 6.07) is 7.45. The molecule has 2 N–H and O–H groups in total. The van der Waals surface area contributed by atoms with E-state index in [4.69, 9.17) is 11.6 Å². The van der Waals surface area contributed by atoms with E-state index in [0.29, 0.717) is 15.6 Å². The molecule has 2 heterocycles. The highest BCUT2D eigenvalue weighted by Gasteiger charge is 2.09. The van der Waals surface area contributed by atoms with Crippen molar-refractivity contribution in [3.05, 3.63) is 47.4 Å². The lowest BCUT2D eigenvalue weighted by atomic mass is 10.2. The molecule has 0 saturated carbocycles. The minimum atomic E-state index is 0.342. The third-order valence-corrected chi connectivity index (χ3v) is 4.03. The van der Waals surface area contributed by atoms with Gasteiger partial charge in [0.1, 0.15) is 5.82 Å². The molecule has 2 rings (SSSR count). The maximum absolute atomic E-state index is 5.96. The maximum Gasteiger partial charge on any atom is 0.149 e. The molecule has 138 valence electrons. The number of aromatic nitrogens is 2. The third-order valence-electron chi connectivity index (χ3n) is 2.80. The molecule has 0 aromatic carbocycles. The van der Waals surface area contributed by atoms with Gasteiger partial charge in [-0.3, -0.25) is 9.71 Å². The second-order valence-corrected chi connectivity index (χ2v) is 9.23.